The molecule has 2 aliphatic rings. The van der Waals surface area contributed by atoms with E-state index in [1.807, 2.05) is 11.0 Å². The molecule has 1 aromatic heterocycles. The third-order valence-corrected chi connectivity index (χ3v) is 5.35. The van der Waals surface area contributed by atoms with E-state index in [-0.39, 0.29) is 11.8 Å². The number of thioether (sulfide) groups is 1. The highest BCUT2D eigenvalue weighted by Gasteiger charge is 2.30. The zero-order chi connectivity index (χ0) is 17.1. The molecule has 0 unspecified atom stereocenters. The lowest BCUT2D eigenvalue weighted by Crippen LogP contribution is -2.50. The van der Waals surface area contributed by atoms with E-state index in [9.17, 15) is 9.59 Å². The van der Waals surface area contributed by atoms with Crippen molar-refractivity contribution in [2.75, 3.05) is 31.9 Å². The standard InChI is InChI=1S/C16H23N5O2S/c1-3-6-21-15(13-4-5-13)17-18-16(21)24-11-14(23)20-9-7-19(8-10-20)12(2)22/h3,13H,1,4-11H2,2H3. The second kappa shape index (κ2) is 7.38. The molecule has 1 aliphatic heterocycles. The smallest absolute Gasteiger partial charge is 0.233 e. The molecule has 1 aromatic rings. The summed E-state index contributed by atoms with van der Waals surface area (Å²) in [7, 11) is 0. The molecule has 8 heteroatoms. The van der Waals surface area contributed by atoms with Gasteiger partial charge >= 0.3 is 0 Å². The van der Waals surface area contributed by atoms with Crippen molar-refractivity contribution in [3.63, 3.8) is 0 Å². The molecule has 1 aliphatic carbocycles. The second-order valence-corrected chi connectivity index (χ2v) is 7.13. The largest absolute Gasteiger partial charge is 0.339 e. The van der Waals surface area contributed by atoms with Gasteiger partial charge in [-0.2, -0.15) is 0 Å². The summed E-state index contributed by atoms with van der Waals surface area (Å²) >= 11 is 1.43. The molecule has 1 saturated heterocycles. The maximum Gasteiger partial charge on any atom is 0.233 e. The molecule has 0 spiro atoms. The number of amides is 2. The molecule has 0 bridgehead atoms. The minimum absolute atomic E-state index is 0.0709. The van der Waals surface area contributed by atoms with E-state index < -0.39 is 0 Å². The summed E-state index contributed by atoms with van der Waals surface area (Å²) in [5.41, 5.74) is 0. The van der Waals surface area contributed by atoms with Crippen molar-refractivity contribution < 1.29 is 9.59 Å². The number of rotatable bonds is 6. The van der Waals surface area contributed by atoms with Crippen LogP contribution in [0.15, 0.2) is 17.8 Å². The number of hydrogen-bond acceptors (Lipinski definition) is 5. The Morgan fingerprint density at radius 3 is 2.46 bits per heavy atom. The van der Waals surface area contributed by atoms with Gasteiger partial charge in [-0.1, -0.05) is 17.8 Å². The van der Waals surface area contributed by atoms with Gasteiger partial charge in [-0.15, -0.1) is 16.8 Å². The minimum Gasteiger partial charge on any atom is -0.339 e. The van der Waals surface area contributed by atoms with Crippen molar-refractivity contribution in [1.29, 1.82) is 0 Å². The molecule has 2 amide bonds. The molecular formula is C16H23N5O2S. The lowest BCUT2D eigenvalue weighted by Gasteiger charge is -2.34. The van der Waals surface area contributed by atoms with Gasteiger partial charge in [-0.05, 0) is 12.8 Å². The van der Waals surface area contributed by atoms with Crippen molar-refractivity contribution in [3.8, 4) is 0 Å². The van der Waals surface area contributed by atoms with Crippen LogP contribution in [0.4, 0.5) is 0 Å². The molecule has 2 heterocycles. The quantitative estimate of drug-likeness (QED) is 0.569. The highest BCUT2D eigenvalue weighted by molar-refractivity contribution is 7.99. The van der Waals surface area contributed by atoms with E-state index in [0.29, 0.717) is 44.4 Å². The molecule has 0 aromatic carbocycles. The average molecular weight is 349 g/mol. The summed E-state index contributed by atoms with van der Waals surface area (Å²) in [5.74, 6) is 2.04. The van der Waals surface area contributed by atoms with Crippen LogP contribution in [0.1, 0.15) is 31.5 Å². The van der Waals surface area contributed by atoms with E-state index >= 15 is 0 Å². The summed E-state index contributed by atoms with van der Waals surface area (Å²) < 4.78 is 2.07. The number of aromatic nitrogens is 3. The Hall–Kier alpha value is -1.83. The third kappa shape index (κ3) is 3.80. The van der Waals surface area contributed by atoms with Crippen molar-refractivity contribution in [1.82, 2.24) is 24.6 Å². The number of piperazine rings is 1. The molecule has 24 heavy (non-hydrogen) atoms. The number of allylic oxidation sites excluding steroid dienone is 1. The van der Waals surface area contributed by atoms with Crippen LogP contribution < -0.4 is 0 Å². The van der Waals surface area contributed by atoms with E-state index in [0.717, 1.165) is 11.0 Å². The van der Waals surface area contributed by atoms with Gasteiger partial charge in [0, 0.05) is 45.6 Å². The predicted octanol–water partition coefficient (Wildman–Crippen LogP) is 1.12. The second-order valence-electron chi connectivity index (χ2n) is 6.19. The SMILES string of the molecule is C=CCn1c(SCC(=O)N2CCN(C(C)=O)CC2)nnc1C1CC1. The Kier molecular flexibility index (Phi) is 5.23. The molecule has 0 N–H and O–H groups in total. The van der Waals surface area contributed by atoms with Gasteiger partial charge in [-0.25, -0.2) is 0 Å². The van der Waals surface area contributed by atoms with Crippen molar-refractivity contribution >= 4 is 23.6 Å². The van der Waals surface area contributed by atoms with Crippen LogP contribution in [0.25, 0.3) is 0 Å². The first-order valence-electron chi connectivity index (χ1n) is 8.30. The summed E-state index contributed by atoms with van der Waals surface area (Å²) in [6, 6.07) is 0. The predicted molar refractivity (Wildman–Crippen MR) is 91.8 cm³/mol. The Morgan fingerprint density at radius 1 is 1.21 bits per heavy atom. The first-order valence-corrected chi connectivity index (χ1v) is 9.28. The fourth-order valence-corrected chi connectivity index (χ4v) is 3.70. The van der Waals surface area contributed by atoms with E-state index in [1.165, 1.54) is 24.6 Å². The lowest BCUT2D eigenvalue weighted by molar-refractivity contribution is -0.136. The Balaban J connectivity index is 1.55. The molecule has 0 atom stereocenters. The summed E-state index contributed by atoms with van der Waals surface area (Å²) in [4.78, 5) is 27.3. The Labute approximate surface area is 146 Å². The van der Waals surface area contributed by atoms with Gasteiger partial charge in [0.05, 0.1) is 5.75 Å². The highest BCUT2D eigenvalue weighted by atomic mass is 32.2. The summed E-state index contributed by atoms with van der Waals surface area (Å²) in [5, 5.41) is 9.33. The maximum absolute atomic E-state index is 12.4. The van der Waals surface area contributed by atoms with Gasteiger partial charge in [0.25, 0.3) is 0 Å². The molecule has 2 fully saturated rings. The number of nitrogens with zero attached hydrogens (tertiary/aromatic N) is 5. The minimum atomic E-state index is 0.0709. The van der Waals surface area contributed by atoms with Crippen LogP contribution in [0, 0.1) is 0 Å². The van der Waals surface area contributed by atoms with Crippen LogP contribution in [-0.2, 0) is 16.1 Å². The molecule has 0 radical (unpaired) electrons. The molecular weight excluding hydrogens is 326 g/mol. The number of hydrogen-bond donors (Lipinski definition) is 0. The van der Waals surface area contributed by atoms with Crippen LogP contribution in [0.2, 0.25) is 0 Å². The topological polar surface area (TPSA) is 71.3 Å². The normalized spacial score (nSPS) is 17.9. The fraction of sp³-hybridized carbons (Fsp3) is 0.625. The third-order valence-electron chi connectivity index (χ3n) is 4.40. The van der Waals surface area contributed by atoms with Crippen molar-refractivity contribution in [2.24, 2.45) is 0 Å². The lowest BCUT2D eigenvalue weighted by atomic mass is 10.3. The molecule has 1 saturated carbocycles. The van der Waals surface area contributed by atoms with Crippen LogP contribution in [-0.4, -0.2) is 68.3 Å². The fourth-order valence-electron chi connectivity index (χ4n) is 2.84. The van der Waals surface area contributed by atoms with E-state index in [4.69, 9.17) is 0 Å². The zero-order valence-electron chi connectivity index (χ0n) is 14.0. The number of carbonyl (C=O) groups excluding carboxylic acids is 2. The van der Waals surface area contributed by atoms with Gasteiger partial charge in [0.15, 0.2) is 5.16 Å². The first-order chi connectivity index (χ1) is 11.6. The molecule has 7 nitrogen and oxygen atoms in total. The van der Waals surface area contributed by atoms with Crippen LogP contribution in [0.5, 0.6) is 0 Å². The van der Waals surface area contributed by atoms with Crippen molar-refractivity contribution in [2.45, 2.75) is 37.4 Å². The monoisotopic (exact) mass is 349 g/mol. The van der Waals surface area contributed by atoms with Gasteiger partial charge in [0.2, 0.25) is 11.8 Å². The van der Waals surface area contributed by atoms with Gasteiger partial charge in [0.1, 0.15) is 5.82 Å². The van der Waals surface area contributed by atoms with Crippen LogP contribution in [0.3, 0.4) is 0 Å². The maximum atomic E-state index is 12.4. The van der Waals surface area contributed by atoms with Crippen molar-refractivity contribution in [3.05, 3.63) is 18.5 Å². The van der Waals surface area contributed by atoms with Gasteiger partial charge in [-0.3, -0.25) is 9.59 Å². The Bertz CT molecular complexity index is 632. The molecule has 130 valence electrons. The first kappa shape index (κ1) is 17.0. The summed E-state index contributed by atoms with van der Waals surface area (Å²) in [6.45, 7) is 8.47. The summed E-state index contributed by atoms with van der Waals surface area (Å²) in [6.07, 6.45) is 4.17. The average Bonchev–Trinajstić information content (AvgIpc) is 3.35. The highest BCUT2D eigenvalue weighted by Crippen LogP contribution is 2.40. The Morgan fingerprint density at radius 2 is 1.88 bits per heavy atom. The van der Waals surface area contributed by atoms with E-state index in [2.05, 4.69) is 21.3 Å². The molecule has 3 rings (SSSR count). The number of carbonyl (C=O) groups is 2. The van der Waals surface area contributed by atoms with Crippen LogP contribution >= 0.6 is 11.8 Å². The van der Waals surface area contributed by atoms with Gasteiger partial charge < -0.3 is 14.4 Å². The zero-order valence-corrected chi connectivity index (χ0v) is 14.8. The van der Waals surface area contributed by atoms with E-state index in [1.54, 1.807) is 11.8 Å².